The number of nitrogens with one attached hydrogen (secondary N) is 1. The third kappa shape index (κ3) is 5.63. The molecule has 0 aromatic heterocycles. The number of amidine groups is 1. The van der Waals surface area contributed by atoms with E-state index in [2.05, 4.69) is 10.3 Å². The number of rotatable bonds is 5. The second kappa shape index (κ2) is 9.79. The summed E-state index contributed by atoms with van der Waals surface area (Å²) in [4.78, 5) is 17.2. The molecule has 0 unspecified atom stereocenters. The van der Waals surface area contributed by atoms with Gasteiger partial charge in [0.1, 0.15) is 12.4 Å². The molecule has 8 heteroatoms. The van der Waals surface area contributed by atoms with Gasteiger partial charge >= 0.3 is 0 Å². The molecule has 1 N–H and O–H groups in total. The summed E-state index contributed by atoms with van der Waals surface area (Å²) in [5, 5.41) is 4.64. The Morgan fingerprint density at radius 3 is 2.45 bits per heavy atom. The maximum absolute atomic E-state index is 12.3. The first-order valence-electron chi connectivity index (χ1n) is 9.19. The predicted molar refractivity (Wildman–Crippen MR) is 129 cm³/mol. The zero-order valence-corrected chi connectivity index (χ0v) is 19.0. The number of hydrogen-bond donors (Lipinski definition) is 1. The van der Waals surface area contributed by atoms with Crippen LogP contribution in [0, 0.1) is 0 Å². The lowest BCUT2D eigenvalue weighted by Gasteiger charge is -2.06. The van der Waals surface area contributed by atoms with Crippen molar-refractivity contribution < 1.29 is 9.53 Å². The minimum atomic E-state index is -0.218. The van der Waals surface area contributed by atoms with E-state index in [4.69, 9.17) is 39.5 Å². The molecule has 1 fully saturated rings. The Bertz CT molecular complexity index is 1180. The smallest absolute Gasteiger partial charge is 0.264 e. The maximum atomic E-state index is 12.3. The number of hydrogen-bond acceptors (Lipinski definition) is 4. The quantitative estimate of drug-likeness (QED) is 0.388. The molecule has 0 saturated carbocycles. The van der Waals surface area contributed by atoms with Crippen LogP contribution in [0.1, 0.15) is 11.1 Å². The van der Waals surface area contributed by atoms with Crippen molar-refractivity contribution in [1.82, 2.24) is 5.32 Å². The van der Waals surface area contributed by atoms with Gasteiger partial charge in [0.2, 0.25) is 0 Å². The summed E-state index contributed by atoms with van der Waals surface area (Å²) in [7, 11) is 0. The van der Waals surface area contributed by atoms with Gasteiger partial charge in [0.25, 0.3) is 5.91 Å². The van der Waals surface area contributed by atoms with E-state index in [1.807, 2.05) is 48.5 Å². The summed E-state index contributed by atoms with van der Waals surface area (Å²) in [6.07, 6.45) is 1.80. The summed E-state index contributed by atoms with van der Waals surface area (Å²) in [5.41, 5.74) is 2.40. The zero-order chi connectivity index (χ0) is 21.8. The highest BCUT2D eigenvalue weighted by atomic mass is 35.5. The van der Waals surface area contributed by atoms with Gasteiger partial charge in [-0.25, -0.2) is 4.99 Å². The van der Waals surface area contributed by atoms with Gasteiger partial charge in [-0.3, -0.25) is 4.79 Å². The van der Waals surface area contributed by atoms with Crippen LogP contribution in [0.5, 0.6) is 5.75 Å². The van der Waals surface area contributed by atoms with Crippen LogP contribution in [0.2, 0.25) is 15.1 Å². The Morgan fingerprint density at radius 2 is 1.71 bits per heavy atom. The van der Waals surface area contributed by atoms with Gasteiger partial charge in [0.05, 0.1) is 20.6 Å². The van der Waals surface area contributed by atoms with Crippen molar-refractivity contribution in [3.8, 4) is 5.75 Å². The lowest BCUT2D eigenvalue weighted by Crippen LogP contribution is -2.19. The highest BCUT2D eigenvalue weighted by Gasteiger charge is 2.24. The number of carbonyl (C=O) groups excluding carboxylic acids is 1. The Kier molecular flexibility index (Phi) is 6.88. The number of aliphatic imine (C=N–C) groups is 1. The van der Waals surface area contributed by atoms with E-state index in [1.165, 1.54) is 11.8 Å². The molecule has 0 bridgehead atoms. The van der Waals surface area contributed by atoms with Gasteiger partial charge in [-0.05, 0) is 65.4 Å². The molecule has 1 aliphatic heterocycles. The SMILES string of the molecule is O=C1NC(=Nc2cccc(Cl)c2Cl)S/C1=C\c1ccc(OCc2ccc(Cl)cc2)cc1. The Hall–Kier alpha value is -2.44. The number of nitrogens with zero attached hydrogens (tertiary/aromatic N) is 1. The Labute approximate surface area is 198 Å². The number of amides is 1. The highest BCUT2D eigenvalue weighted by Crippen LogP contribution is 2.34. The van der Waals surface area contributed by atoms with Gasteiger partial charge in [-0.15, -0.1) is 0 Å². The van der Waals surface area contributed by atoms with E-state index in [0.717, 1.165) is 16.9 Å². The fourth-order valence-corrected chi connectivity index (χ4v) is 4.03. The molecule has 0 atom stereocenters. The summed E-state index contributed by atoms with van der Waals surface area (Å²) >= 11 is 19.3. The van der Waals surface area contributed by atoms with Crippen molar-refractivity contribution in [3.05, 3.63) is 97.8 Å². The molecule has 1 heterocycles. The average molecular weight is 490 g/mol. The zero-order valence-electron chi connectivity index (χ0n) is 15.9. The molecule has 4 nitrogen and oxygen atoms in total. The molecule has 4 rings (SSSR count). The summed E-state index contributed by atoms with van der Waals surface area (Å²) in [5.74, 6) is 0.517. The lowest BCUT2D eigenvalue weighted by molar-refractivity contribution is -0.115. The van der Waals surface area contributed by atoms with Gasteiger partial charge in [0.15, 0.2) is 5.17 Å². The van der Waals surface area contributed by atoms with Crippen molar-refractivity contribution in [3.63, 3.8) is 0 Å². The number of halogens is 3. The Morgan fingerprint density at radius 1 is 0.968 bits per heavy atom. The fraction of sp³-hybridized carbons (Fsp3) is 0.0435. The topological polar surface area (TPSA) is 50.7 Å². The fourth-order valence-electron chi connectivity index (χ4n) is 2.73. The molecule has 0 spiro atoms. The molecular formula is C23H15Cl3N2O2S. The van der Waals surface area contributed by atoms with Crippen LogP contribution < -0.4 is 10.1 Å². The van der Waals surface area contributed by atoms with E-state index >= 15 is 0 Å². The molecular weight excluding hydrogens is 475 g/mol. The minimum absolute atomic E-state index is 0.218. The van der Waals surface area contributed by atoms with Crippen LogP contribution in [-0.2, 0) is 11.4 Å². The Balaban J connectivity index is 1.42. The maximum Gasteiger partial charge on any atom is 0.264 e. The summed E-state index contributed by atoms with van der Waals surface area (Å²) in [6, 6.07) is 20.2. The number of ether oxygens (including phenoxy) is 1. The van der Waals surface area contributed by atoms with E-state index in [-0.39, 0.29) is 5.91 Å². The second-order valence-corrected chi connectivity index (χ2v) is 8.79. The normalized spacial score (nSPS) is 16.0. The van der Waals surface area contributed by atoms with Crippen LogP contribution in [0.15, 0.2) is 76.6 Å². The van der Waals surface area contributed by atoms with Crippen LogP contribution in [0.3, 0.4) is 0 Å². The number of thioether (sulfide) groups is 1. The van der Waals surface area contributed by atoms with Crippen LogP contribution in [0.4, 0.5) is 5.69 Å². The molecule has 0 radical (unpaired) electrons. The summed E-state index contributed by atoms with van der Waals surface area (Å²) < 4.78 is 5.79. The number of benzene rings is 3. The molecule has 1 saturated heterocycles. The van der Waals surface area contributed by atoms with Crippen LogP contribution in [-0.4, -0.2) is 11.1 Å². The first-order valence-corrected chi connectivity index (χ1v) is 11.1. The lowest BCUT2D eigenvalue weighted by atomic mass is 10.2. The van der Waals surface area contributed by atoms with E-state index in [0.29, 0.717) is 37.4 Å². The van der Waals surface area contributed by atoms with Crippen LogP contribution >= 0.6 is 46.6 Å². The molecule has 1 aliphatic rings. The second-order valence-electron chi connectivity index (χ2n) is 6.54. The largest absolute Gasteiger partial charge is 0.489 e. The van der Waals surface area contributed by atoms with E-state index in [9.17, 15) is 4.79 Å². The predicted octanol–water partition coefficient (Wildman–Crippen LogP) is 7.12. The van der Waals surface area contributed by atoms with Crippen molar-refractivity contribution in [1.29, 1.82) is 0 Å². The molecule has 3 aromatic rings. The highest BCUT2D eigenvalue weighted by molar-refractivity contribution is 8.18. The van der Waals surface area contributed by atoms with E-state index < -0.39 is 0 Å². The minimum Gasteiger partial charge on any atom is -0.489 e. The van der Waals surface area contributed by atoms with Gasteiger partial charge in [-0.1, -0.05) is 65.1 Å². The van der Waals surface area contributed by atoms with Gasteiger partial charge in [0, 0.05) is 5.02 Å². The van der Waals surface area contributed by atoms with Gasteiger partial charge in [-0.2, -0.15) is 0 Å². The first kappa shape index (κ1) is 21.8. The van der Waals surface area contributed by atoms with Crippen molar-refractivity contribution in [2.45, 2.75) is 6.61 Å². The number of carbonyl (C=O) groups is 1. The molecule has 3 aromatic carbocycles. The van der Waals surface area contributed by atoms with E-state index in [1.54, 1.807) is 24.3 Å². The molecule has 31 heavy (non-hydrogen) atoms. The first-order chi connectivity index (χ1) is 15.0. The average Bonchev–Trinajstić information content (AvgIpc) is 3.10. The third-order valence-corrected chi connectivity index (χ3v) is 6.27. The van der Waals surface area contributed by atoms with Crippen molar-refractivity contribution in [2.75, 3.05) is 0 Å². The van der Waals surface area contributed by atoms with Crippen molar-refractivity contribution in [2.24, 2.45) is 4.99 Å². The molecule has 0 aliphatic carbocycles. The molecule has 156 valence electrons. The standard InChI is InChI=1S/C23H15Cl3N2O2S/c24-16-8-4-15(5-9-16)13-30-17-10-6-14(7-11-17)12-20-22(29)28-23(31-20)27-19-3-1-2-18(25)21(19)26/h1-12H,13H2,(H,27,28,29)/b20-12-. The van der Waals surface area contributed by atoms with Crippen LogP contribution in [0.25, 0.3) is 6.08 Å². The third-order valence-electron chi connectivity index (χ3n) is 4.30. The summed E-state index contributed by atoms with van der Waals surface area (Å²) in [6.45, 7) is 0.446. The molecule has 1 amide bonds. The van der Waals surface area contributed by atoms with Gasteiger partial charge < -0.3 is 10.1 Å². The van der Waals surface area contributed by atoms with Crippen molar-refractivity contribution >= 4 is 69.4 Å². The monoisotopic (exact) mass is 488 g/mol.